The molecule has 7 nitrogen and oxygen atoms in total. The zero-order valence-electron chi connectivity index (χ0n) is 16.7. The Labute approximate surface area is 170 Å². The Balaban J connectivity index is 1.68. The van der Waals surface area contributed by atoms with Crippen molar-refractivity contribution in [2.75, 3.05) is 0 Å². The van der Waals surface area contributed by atoms with Crippen molar-refractivity contribution in [3.63, 3.8) is 0 Å². The second-order valence-corrected chi connectivity index (χ2v) is 6.63. The molecule has 0 spiro atoms. The fourth-order valence-corrected chi connectivity index (χ4v) is 2.49. The molecule has 0 saturated heterocycles. The lowest BCUT2D eigenvalue weighted by Crippen LogP contribution is -2.48. The van der Waals surface area contributed by atoms with Crippen molar-refractivity contribution in [1.29, 1.82) is 0 Å². The number of hydrogen-bond acceptors (Lipinski definition) is 4. The average Bonchev–Trinajstić information content (AvgIpc) is 2.74. The Morgan fingerprint density at radius 1 is 0.897 bits per heavy atom. The highest BCUT2D eigenvalue weighted by molar-refractivity contribution is 5.87. The van der Waals surface area contributed by atoms with E-state index >= 15 is 0 Å². The van der Waals surface area contributed by atoms with Crippen molar-refractivity contribution in [1.82, 2.24) is 16.2 Å². The summed E-state index contributed by atoms with van der Waals surface area (Å²) >= 11 is 0. The van der Waals surface area contributed by atoms with Gasteiger partial charge in [0.05, 0.1) is 0 Å². The Morgan fingerprint density at radius 3 is 2.21 bits per heavy atom. The third kappa shape index (κ3) is 8.04. The summed E-state index contributed by atoms with van der Waals surface area (Å²) in [6, 6.07) is 16.9. The minimum Gasteiger partial charge on any atom is -0.481 e. The van der Waals surface area contributed by atoms with E-state index in [2.05, 4.69) is 16.2 Å². The SMILES string of the molecule is CC[C@@H](Oc1ccc(C)cc1)C(=O)NNC(=O)CCC(=O)NCc1ccccc1. The zero-order chi connectivity index (χ0) is 21.1. The van der Waals surface area contributed by atoms with Gasteiger partial charge in [-0.05, 0) is 31.0 Å². The van der Waals surface area contributed by atoms with E-state index in [1.165, 1.54) is 0 Å². The molecule has 0 unspecified atom stereocenters. The summed E-state index contributed by atoms with van der Waals surface area (Å²) in [4.78, 5) is 35.9. The van der Waals surface area contributed by atoms with E-state index in [9.17, 15) is 14.4 Å². The first-order valence-corrected chi connectivity index (χ1v) is 9.60. The maximum atomic E-state index is 12.2. The van der Waals surface area contributed by atoms with E-state index in [4.69, 9.17) is 4.74 Å². The van der Waals surface area contributed by atoms with Gasteiger partial charge in [0.25, 0.3) is 5.91 Å². The number of carbonyl (C=O) groups is 3. The van der Waals surface area contributed by atoms with Crippen molar-refractivity contribution in [3.05, 3.63) is 65.7 Å². The molecule has 0 fully saturated rings. The summed E-state index contributed by atoms with van der Waals surface area (Å²) in [6.45, 7) is 4.19. The highest BCUT2D eigenvalue weighted by atomic mass is 16.5. The van der Waals surface area contributed by atoms with Gasteiger partial charge in [-0.3, -0.25) is 25.2 Å². The third-order valence-corrected chi connectivity index (χ3v) is 4.20. The molecule has 154 valence electrons. The molecule has 0 aliphatic rings. The zero-order valence-corrected chi connectivity index (χ0v) is 16.7. The molecule has 0 radical (unpaired) electrons. The number of amides is 3. The standard InChI is InChI=1S/C22H27N3O4/c1-3-19(29-18-11-9-16(2)10-12-18)22(28)25-24-21(27)14-13-20(26)23-15-17-7-5-4-6-8-17/h4-12,19H,3,13-15H2,1-2H3,(H,23,26)(H,24,27)(H,25,28)/t19-/m1/s1. The molecule has 0 saturated carbocycles. The van der Waals surface area contributed by atoms with Crippen molar-refractivity contribution in [2.45, 2.75) is 45.8 Å². The van der Waals surface area contributed by atoms with Gasteiger partial charge in [-0.2, -0.15) is 0 Å². The minimum absolute atomic E-state index is 0.0312. The number of rotatable bonds is 9. The second-order valence-electron chi connectivity index (χ2n) is 6.63. The fourth-order valence-electron chi connectivity index (χ4n) is 2.49. The molecule has 0 aliphatic carbocycles. The van der Waals surface area contributed by atoms with Crippen molar-refractivity contribution >= 4 is 17.7 Å². The Bertz CT molecular complexity index is 807. The van der Waals surface area contributed by atoms with Crippen LogP contribution in [0.1, 0.15) is 37.3 Å². The van der Waals surface area contributed by atoms with Crippen molar-refractivity contribution in [3.8, 4) is 5.75 Å². The lowest BCUT2D eigenvalue weighted by Gasteiger charge is -2.17. The van der Waals surface area contributed by atoms with E-state index in [0.717, 1.165) is 11.1 Å². The molecular weight excluding hydrogens is 370 g/mol. The first-order chi connectivity index (χ1) is 14.0. The Kier molecular flexibility index (Phi) is 8.69. The lowest BCUT2D eigenvalue weighted by molar-refractivity contribution is -0.133. The van der Waals surface area contributed by atoms with Gasteiger partial charge in [0.1, 0.15) is 5.75 Å². The molecule has 3 N–H and O–H groups in total. The second kappa shape index (κ2) is 11.5. The molecule has 2 aromatic rings. The van der Waals surface area contributed by atoms with Crippen LogP contribution in [0.15, 0.2) is 54.6 Å². The van der Waals surface area contributed by atoms with Crippen LogP contribution in [0.5, 0.6) is 5.75 Å². The van der Waals surface area contributed by atoms with Crippen LogP contribution in [0.2, 0.25) is 0 Å². The monoisotopic (exact) mass is 397 g/mol. The fraction of sp³-hybridized carbons (Fsp3) is 0.318. The lowest BCUT2D eigenvalue weighted by atomic mass is 10.2. The first kappa shape index (κ1) is 21.9. The van der Waals surface area contributed by atoms with Gasteiger partial charge in [-0.1, -0.05) is 55.0 Å². The van der Waals surface area contributed by atoms with Crippen LogP contribution < -0.4 is 20.9 Å². The van der Waals surface area contributed by atoms with Crippen LogP contribution >= 0.6 is 0 Å². The van der Waals surface area contributed by atoms with Gasteiger partial charge in [-0.15, -0.1) is 0 Å². The van der Waals surface area contributed by atoms with Crippen LogP contribution in [-0.2, 0) is 20.9 Å². The molecule has 7 heteroatoms. The molecule has 0 heterocycles. The maximum absolute atomic E-state index is 12.2. The number of hydrogen-bond donors (Lipinski definition) is 3. The average molecular weight is 397 g/mol. The summed E-state index contributed by atoms with van der Waals surface area (Å²) in [6.07, 6.45) is -0.285. The quantitative estimate of drug-likeness (QED) is 0.566. The van der Waals surface area contributed by atoms with Crippen molar-refractivity contribution in [2.24, 2.45) is 0 Å². The van der Waals surface area contributed by atoms with Crippen LogP contribution in [-0.4, -0.2) is 23.8 Å². The first-order valence-electron chi connectivity index (χ1n) is 9.60. The molecule has 0 bridgehead atoms. The molecular formula is C22H27N3O4. The van der Waals surface area contributed by atoms with E-state index < -0.39 is 17.9 Å². The van der Waals surface area contributed by atoms with E-state index in [-0.39, 0.29) is 18.7 Å². The van der Waals surface area contributed by atoms with Gasteiger partial charge in [0.15, 0.2) is 6.10 Å². The number of aryl methyl sites for hydroxylation is 1. The summed E-state index contributed by atoms with van der Waals surface area (Å²) < 4.78 is 5.66. The van der Waals surface area contributed by atoms with Gasteiger partial charge in [0.2, 0.25) is 11.8 Å². The highest BCUT2D eigenvalue weighted by Gasteiger charge is 2.19. The van der Waals surface area contributed by atoms with Gasteiger partial charge >= 0.3 is 0 Å². The summed E-state index contributed by atoms with van der Waals surface area (Å²) in [5, 5.41) is 2.75. The van der Waals surface area contributed by atoms with E-state index in [1.807, 2.05) is 56.3 Å². The molecule has 29 heavy (non-hydrogen) atoms. The normalized spacial score (nSPS) is 11.2. The predicted octanol–water partition coefficient (Wildman–Crippen LogP) is 2.40. The van der Waals surface area contributed by atoms with Crippen molar-refractivity contribution < 1.29 is 19.1 Å². The molecule has 2 rings (SSSR count). The van der Waals surface area contributed by atoms with Crippen LogP contribution in [0.4, 0.5) is 0 Å². The molecule has 3 amide bonds. The van der Waals surface area contributed by atoms with E-state index in [1.54, 1.807) is 12.1 Å². The largest absolute Gasteiger partial charge is 0.481 e. The topological polar surface area (TPSA) is 96.5 Å². The number of benzene rings is 2. The smallest absolute Gasteiger partial charge is 0.279 e. The minimum atomic E-state index is -0.729. The highest BCUT2D eigenvalue weighted by Crippen LogP contribution is 2.14. The predicted molar refractivity (Wildman–Crippen MR) is 110 cm³/mol. The Hall–Kier alpha value is -3.35. The van der Waals surface area contributed by atoms with Gasteiger partial charge in [0, 0.05) is 19.4 Å². The molecule has 1 atom stereocenters. The molecule has 0 aromatic heterocycles. The maximum Gasteiger partial charge on any atom is 0.279 e. The van der Waals surface area contributed by atoms with Crippen LogP contribution in [0.25, 0.3) is 0 Å². The summed E-state index contributed by atoms with van der Waals surface area (Å²) in [7, 11) is 0. The molecule has 0 aliphatic heterocycles. The molecule has 2 aromatic carbocycles. The van der Waals surface area contributed by atoms with Gasteiger partial charge < -0.3 is 10.1 Å². The van der Waals surface area contributed by atoms with Crippen LogP contribution in [0.3, 0.4) is 0 Å². The summed E-state index contributed by atoms with van der Waals surface area (Å²) in [5.74, 6) is -0.545. The number of ether oxygens (including phenoxy) is 1. The van der Waals surface area contributed by atoms with E-state index in [0.29, 0.717) is 18.7 Å². The summed E-state index contributed by atoms with van der Waals surface area (Å²) in [5.41, 5.74) is 6.75. The number of nitrogens with one attached hydrogen (secondary N) is 3. The van der Waals surface area contributed by atoms with Crippen LogP contribution in [0, 0.1) is 6.92 Å². The number of hydrazine groups is 1. The Morgan fingerprint density at radius 2 is 1.55 bits per heavy atom. The van der Waals surface area contributed by atoms with Gasteiger partial charge in [-0.25, -0.2) is 0 Å². The number of carbonyl (C=O) groups excluding carboxylic acids is 3. The third-order valence-electron chi connectivity index (χ3n) is 4.20.